The highest BCUT2D eigenvalue weighted by molar-refractivity contribution is 7.92. The van der Waals surface area contributed by atoms with E-state index in [0.29, 0.717) is 22.4 Å². The molecule has 11 heteroatoms. The maximum Gasteiger partial charge on any atom is 0.417 e. The average Bonchev–Trinajstić information content (AvgIpc) is 2.83. The van der Waals surface area contributed by atoms with Gasteiger partial charge in [0, 0.05) is 23.0 Å². The topological polar surface area (TPSA) is 81.2 Å². The predicted molar refractivity (Wildman–Crippen MR) is 126 cm³/mol. The number of sulfonamides is 1. The molecule has 0 aliphatic carbocycles. The molecule has 0 saturated heterocycles. The number of hydrogen-bond donors (Lipinski definition) is 1. The van der Waals surface area contributed by atoms with Crippen molar-refractivity contribution in [1.82, 2.24) is 9.97 Å². The van der Waals surface area contributed by atoms with E-state index >= 15 is 0 Å². The first-order valence-electron chi connectivity index (χ1n) is 10.1. The third-order valence-electron chi connectivity index (χ3n) is 4.84. The SMILES string of the molecule is O=S(=O)(Nc1nccnc1-c1ccc(COc2cccc(Cl)c2)cc1)c1ccccc1C(F)(F)F. The summed E-state index contributed by atoms with van der Waals surface area (Å²) in [6.07, 6.45) is -2.25. The fourth-order valence-electron chi connectivity index (χ4n) is 3.22. The van der Waals surface area contributed by atoms with E-state index in [9.17, 15) is 21.6 Å². The van der Waals surface area contributed by atoms with Crippen molar-refractivity contribution in [1.29, 1.82) is 0 Å². The van der Waals surface area contributed by atoms with Gasteiger partial charge in [-0.2, -0.15) is 13.2 Å². The van der Waals surface area contributed by atoms with Gasteiger partial charge in [-0.1, -0.05) is 54.1 Å². The minimum Gasteiger partial charge on any atom is -0.489 e. The second-order valence-electron chi connectivity index (χ2n) is 7.30. The third-order valence-corrected chi connectivity index (χ3v) is 6.47. The molecule has 3 aromatic carbocycles. The Morgan fingerprint density at radius 2 is 1.63 bits per heavy atom. The number of anilines is 1. The predicted octanol–water partition coefficient (Wildman–Crippen LogP) is 6.20. The summed E-state index contributed by atoms with van der Waals surface area (Å²) in [4.78, 5) is 7.26. The summed E-state index contributed by atoms with van der Waals surface area (Å²) in [5, 5.41) is 0.549. The van der Waals surface area contributed by atoms with Crippen LogP contribution in [0.2, 0.25) is 5.02 Å². The molecule has 0 radical (unpaired) electrons. The van der Waals surface area contributed by atoms with Gasteiger partial charge in [0.1, 0.15) is 18.1 Å². The van der Waals surface area contributed by atoms with Crippen LogP contribution in [-0.4, -0.2) is 18.4 Å². The Bertz CT molecular complexity index is 1450. The van der Waals surface area contributed by atoms with E-state index in [-0.39, 0.29) is 18.1 Å². The quantitative estimate of drug-likeness (QED) is 0.314. The zero-order valence-corrected chi connectivity index (χ0v) is 19.4. The molecule has 0 aliphatic heterocycles. The number of alkyl halides is 3. The molecule has 6 nitrogen and oxygen atoms in total. The number of rotatable bonds is 7. The first kappa shape index (κ1) is 24.5. The van der Waals surface area contributed by atoms with Crippen LogP contribution in [0.4, 0.5) is 19.0 Å². The molecule has 4 aromatic rings. The van der Waals surface area contributed by atoms with Crippen molar-refractivity contribution in [2.75, 3.05) is 4.72 Å². The summed E-state index contributed by atoms with van der Waals surface area (Å²) < 4.78 is 73.6. The third kappa shape index (κ3) is 5.90. The van der Waals surface area contributed by atoms with E-state index in [2.05, 4.69) is 14.7 Å². The van der Waals surface area contributed by atoms with Crippen LogP contribution in [0.5, 0.6) is 5.75 Å². The molecule has 0 aliphatic rings. The summed E-state index contributed by atoms with van der Waals surface area (Å²) in [5.74, 6) is 0.402. The zero-order valence-electron chi connectivity index (χ0n) is 17.8. The van der Waals surface area contributed by atoms with Gasteiger partial charge >= 0.3 is 6.18 Å². The van der Waals surface area contributed by atoms with Crippen LogP contribution in [0.25, 0.3) is 11.3 Å². The van der Waals surface area contributed by atoms with Crippen molar-refractivity contribution in [3.8, 4) is 17.0 Å². The van der Waals surface area contributed by atoms with Gasteiger partial charge in [-0.05, 0) is 35.9 Å². The number of nitrogens with one attached hydrogen (secondary N) is 1. The minimum atomic E-state index is -4.85. The van der Waals surface area contributed by atoms with Gasteiger partial charge < -0.3 is 4.74 Å². The highest BCUT2D eigenvalue weighted by Gasteiger charge is 2.37. The lowest BCUT2D eigenvalue weighted by Crippen LogP contribution is -2.20. The Hall–Kier alpha value is -3.63. The lowest BCUT2D eigenvalue weighted by atomic mass is 10.1. The van der Waals surface area contributed by atoms with Gasteiger partial charge in [-0.15, -0.1) is 0 Å². The smallest absolute Gasteiger partial charge is 0.417 e. The van der Waals surface area contributed by atoms with E-state index in [0.717, 1.165) is 17.7 Å². The maximum atomic E-state index is 13.4. The summed E-state index contributed by atoms with van der Waals surface area (Å²) in [5.41, 5.74) is 0.204. The van der Waals surface area contributed by atoms with Crippen molar-refractivity contribution in [3.05, 3.63) is 101 Å². The molecule has 0 saturated carbocycles. The van der Waals surface area contributed by atoms with Crippen LogP contribution in [0.1, 0.15) is 11.1 Å². The van der Waals surface area contributed by atoms with E-state index < -0.39 is 26.7 Å². The molecule has 35 heavy (non-hydrogen) atoms. The monoisotopic (exact) mass is 519 g/mol. The summed E-state index contributed by atoms with van der Waals surface area (Å²) in [6, 6.07) is 17.8. The first-order chi connectivity index (χ1) is 16.6. The number of aromatic nitrogens is 2. The number of hydrogen-bond acceptors (Lipinski definition) is 5. The zero-order chi connectivity index (χ0) is 25.1. The van der Waals surface area contributed by atoms with E-state index in [1.807, 2.05) is 0 Å². The number of halogens is 4. The van der Waals surface area contributed by atoms with E-state index in [1.54, 1.807) is 48.5 Å². The Morgan fingerprint density at radius 3 is 2.34 bits per heavy atom. The van der Waals surface area contributed by atoms with Crippen LogP contribution in [0, 0.1) is 0 Å². The Labute approximate surface area is 204 Å². The molecule has 1 heterocycles. The van der Waals surface area contributed by atoms with Gasteiger partial charge in [0.25, 0.3) is 10.0 Å². The molecule has 1 N–H and O–H groups in total. The lowest BCUT2D eigenvalue weighted by molar-refractivity contribution is -0.139. The first-order valence-corrected chi connectivity index (χ1v) is 12.0. The highest BCUT2D eigenvalue weighted by Crippen LogP contribution is 2.35. The van der Waals surface area contributed by atoms with Crippen molar-refractivity contribution in [3.63, 3.8) is 0 Å². The molecule has 0 fully saturated rings. The molecular weight excluding hydrogens is 503 g/mol. The molecule has 0 atom stereocenters. The number of benzene rings is 3. The molecule has 0 bridgehead atoms. The Morgan fingerprint density at radius 1 is 0.914 bits per heavy atom. The Balaban J connectivity index is 1.57. The van der Waals surface area contributed by atoms with Gasteiger partial charge in [-0.3, -0.25) is 9.71 Å². The summed E-state index contributed by atoms with van der Waals surface area (Å²) >= 11 is 5.95. The molecule has 0 amide bonds. The van der Waals surface area contributed by atoms with Crippen LogP contribution in [-0.2, 0) is 22.8 Å². The van der Waals surface area contributed by atoms with Gasteiger partial charge in [0.05, 0.1) is 10.5 Å². The maximum absolute atomic E-state index is 13.4. The van der Waals surface area contributed by atoms with E-state index in [4.69, 9.17) is 16.3 Å². The van der Waals surface area contributed by atoms with Crippen LogP contribution < -0.4 is 9.46 Å². The standard InChI is InChI=1S/C24H17ClF3N3O3S/c25-18-4-3-5-19(14-18)34-15-16-8-10-17(11-9-16)22-23(30-13-12-29-22)31-35(32,33)21-7-2-1-6-20(21)24(26,27)28/h1-14H,15H2,(H,30,31). The van der Waals surface area contributed by atoms with Crippen molar-refractivity contribution >= 4 is 27.4 Å². The van der Waals surface area contributed by atoms with E-state index in [1.165, 1.54) is 18.5 Å². The minimum absolute atomic E-state index is 0.155. The van der Waals surface area contributed by atoms with Gasteiger partial charge in [0.2, 0.25) is 0 Å². The van der Waals surface area contributed by atoms with Crippen molar-refractivity contribution in [2.45, 2.75) is 17.7 Å². The molecular formula is C24H17ClF3N3O3S. The summed E-state index contributed by atoms with van der Waals surface area (Å²) in [6.45, 7) is 0.259. The molecule has 4 rings (SSSR count). The van der Waals surface area contributed by atoms with Crippen molar-refractivity contribution in [2.24, 2.45) is 0 Å². The molecule has 0 unspecified atom stereocenters. The van der Waals surface area contributed by atoms with Crippen LogP contribution >= 0.6 is 11.6 Å². The van der Waals surface area contributed by atoms with Gasteiger partial charge in [-0.25, -0.2) is 13.4 Å². The number of ether oxygens (including phenoxy) is 1. The summed E-state index contributed by atoms with van der Waals surface area (Å²) in [7, 11) is -4.61. The fraction of sp³-hybridized carbons (Fsp3) is 0.0833. The molecule has 0 spiro atoms. The highest BCUT2D eigenvalue weighted by atomic mass is 35.5. The number of nitrogens with zero attached hydrogens (tertiary/aromatic N) is 2. The largest absolute Gasteiger partial charge is 0.489 e. The molecule has 1 aromatic heterocycles. The second-order valence-corrected chi connectivity index (χ2v) is 9.38. The lowest BCUT2D eigenvalue weighted by Gasteiger charge is -2.15. The van der Waals surface area contributed by atoms with Gasteiger partial charge in [0.15, 0.2) is 5.82 Å². The Kier molecular flexibility index (Phi) is 6.95. The fourth-order valence-corrected chi connectivity index (χ4v) is 4.65. The second kappa shape index (κ2) is 9.93. The van der Waals surface area contributed by atoms with Crippen molar-refractivity contribution < 1.29 is 26.3 Å². The van der Waals surface area contributed by atoms with Crippen LogP contribution in [0.3, 0.4) is 0 Å². The molecule has 180 valence electrons. The van der Waals surface area contributed by atoms with Crippen LogP contribution in [0.15, 0.2) is 90.1 Å². The normalized spacial score (nSPS) is 11.8. The average molecular weight is 520 g/mol.